The van der Waals surface area contributed by atoms with Crippen LogP contribution in [0.4, 0.5) is 5.69 Å². The molecule has 1 aliphatic heterocycles. The van der Waals surface area contributed by atoms with Crippen LogP contribution in [-0.4, -0.2) is 45.4 Å². The van der Waals surface area contributed by atoms with E-state index in [1.165, 1.54) is 0 Å². The van der Waals surface area contributed by atoms with Gasteiger partial charge in [-0.05, 0) is 45.0 Å². The molecule has 0 aliphatic carbocycles. The molecule has 0 saturated carbocycles. The molecule has 1 fully saturated rings. The number of imidazole rings is 1. The van der Waals surface area contributed by atoms with Crippen molar-refractivity contribution >= 4 is 22.5 Å². The Bertz CT molecular complexity index is 1320. The first kappa shape index (κ1) is 21.2. The van der Waals surface area contributed by atoms with Crippen molar-refractivity contribution in [3.05, 3.63) is 60.0 Å². The van der Waals surface area contributed by atoms with E-state index in [-0.39, 0.29) is 5.91 Å². The first-order chi connectivity index (χ1) is 16.0. The van der Waals surface area contributed by atoms with E-state index >= 15 is 0 Å². The zero-order chi connectivity index (χ0) is 22.9. The number of rotatable bonds is 5. The summed E-state index contributed by atoms with van der Waals surface area (Å²) in [6.45, 7) is 4.04. The lowest BCUT2D eigenvalue weighted by molar-refractivity contribution is 0.102. The summed E-state index contributed by atoms with van der Waals surface area (Å²) in [7, 11) is 3.49. The number of benzene rings is 2. The third-order valence-corrected chi connectivity index (χ3v) is 6.16. The summed E-state index contributed by atoms with van der Waals surface area (Å²) >= 11 is 0. The predicted octanol–water partition coefficient (Wildman–Crippen LogP) is 3.93. The molecule has 1 saturated heterocycles. The van der Waals surface area contributed by atoms with Crippen LogP contribution in [0, 0.1) is 6.92 Å². The van der Waals surface area contributed by atoms with Crippen LogP contribution in [0.5, 0.6) is 5.75 Å². The van der Waals surface area contributed by atoms with Gasteiger partial charge in [0.25, 0.3) is 5.91 Å². The third kappa shape index (κ3) is 4.21. The second kappa shape index (κ2) is 8.71. The first-order valence-electron chi connectivity index (χ1n) is 11.2. The lowest BCUT2D eigenvalue weighted by Crippen LogP contribution is -2.29. The number of nitrogens with zero attached hydrogens (tertiary/aromatic N) is 4. The van der Waals surface area contributed by atoms with Crippen molar-refractivity contribution < 1.29 is 9.53 Å². The maximum atomic E-state index is 13.1. The van der Waals surface area contributed by atoms with E-state index in [0.29, 0.717) is 23.2 Å². The van der Waals surface area contributed by atoms with Gasteiger partial charge in [0, 0.05) is 36.5 Å². The second-order valence-corrected chi connectivity index (χ2v) is 8.59. The third-order valence-electron chi connectivity index (χ3n) is 6.16. The maximum Gasteiger partial charge on any atom is 0.275 e. The molecule has 2 N–H and O–H groups in total. The summed E-state index contributed by atoms with van der Waals surface area (Å²) in [6.07, 6.45) is 5.90. The topological polar surface area (TPSA) is 86.0 Å². The second-order valence-electron chi connectivity index (χ2n) is 8.59. The van der Waals surface area contributed by atoms with Gasteiger partial charge in [0.15, 0.2) is 0 Å². The molecule has 1 amide bonds. The van der Waals surface area contributed by atoms with Crippen molar-refractivity contribution in [1.82, 2.24) is 24.6 Å². The molecule has 1 aliphatic rings. The highest BCUT2D eigenvalue weighted by atomic mass is 16.5. The Morgan fingerprint density at radius 1 is 1.18 bits per heavy atom. The van der Waals surface area contributed by atoms with Crippen LogP contribution >= 0.6 is 0 Å². The van der Waals surface area contributed by atoms with E-state index in [2.05, 4.69) is 27.9 Å². The number of carbonyl (C=O) groups excluding carboxylic acids is 1. The number of amides is 1. The Balaban J connectivity index is 1.42. The van der Waals surface area contributed by atoms with Gasteiger partial charge in [0.2, 0.25) is 0 Å². The normalized spacial score (nSPS) is 14.5. The Morgan fingerprint density at radius 2 is 2.00 bits per heavy atom. The maximum absolute atomic E-state index is 13.1. The standard InChI is InChI=1S/C25H28N6O2/c1-16-5-4-6-17(11-16)24-27-22(15-30(24)2)25(32)28-21-12-18-14-31(19-7-9-26-10-8-19)29-20(18)13-23(21)33-3/h4-6,11-15,19,26H,7-10H2,1-3H3,(H,28,32). The van der Waals surface area contributed by atoms with Crippen molar-refractivity contribution in [3.63, 3.8) is 0 Å². The molecule has 8 nitrogen and oxygen atoms in total. The van der Waals surface area contributed by atoms with Crippen LogP contribution in [0.15, 0.2) is 48.8 Å². The summed E-state index contributed by atoms with van der Waals surface area (Å²) in [5.41, 5.74) is 3.91. The molecule has 2 aromatic heterocycles. The number of nitrogens with one attached hydrogen (secondary N) is 2. The highest BCUT2D eigenvalue weighted by Gasteiger charge is 2.19. The molecule has 8 heteroatoms. The fourth-order valence-corrected chi connectivity index (χ4v) is 4.41. The van der Waals surface area contributed by atoms with Crippen molar-refractivity contribution in [2.75, 3.05) is 25.5 Å². The number of piperidine rings is 1. The van der Waals surface area contributed by atoms with Crippen molar-refractivity contribution in [3.8, 4) is 17.1 Å². The monoisotopic (exact) mass is 444 g/mol. The van der Waals surface area contributed by atoms with Crippen molar-refractivity contribution in [1.29, 1.82) is 0 Å². The van der Waals surface area contributed by atoms with Gasteiger partial charge in [-0.3, -0.25) is 9.48 Å². The molecule has 0 atom stereocenters. The molecule has 33 heavy (non-hydrogen) atoms. The van der Waals surface area contributed by atoms with E-state index in [4.69, 9.17) is 9.84 Å². The summed E-state index contributed by atoms with van der Waals surface area (Å²) in [5, 5.41) is 12.1. The van der Waals surface area contributed by atoms with Crippen LogP contribution in [0.2, 0.25) is 0 Å². The summed E-state index contributed by atoms with van der Waals surface area (Å²) in [4.78, 5) is 17.7. The number of ether oxygens (including phenoxy) is 1. The first-order valence-corrected chi connectivity index (χ1v) is 11.2. The summed E-state index contributed by atoms with van der Waals surface area (Å²) in [6, 6.07) is 12.3. The number of anilines is 1. The Hall–Kier alpha value is -3.65. The molecule has 5 rings (SSSR count). The highest BCUT2D eigenvalue weighted by Crippen LogP contribution is 2.32. The molecular weight excluding hydrogens is 416 g/mol. The fourth-order valence-electron chi connectivity index (χ4n) is 4.41. The molecule has 3 heterocycles. The van der Waals surface area contributed by atoms with Gasteiger partial charge in [0.05, 0.1) is 24.4 Å². The van der Waals surface area contributed by atoms with E-state index in [1.807, 2.05) is 53.6 Å². The molecule has 0 unspecified atom stereocenters. The van der Waals surface area contributed by atoms with Crippen molar-refractivity contribution in [2.24, 2.45) is 7.05 Å². The van der Waals surface area contributed by atoms with Gasteiger partial charge < -0.3 is 19.9 Å². The van der Waals surface area contributed by atoms with E-state index in [9.17, 15) is 4.79 Å². The summed E-state index contributed by atoms with van der Waals surface area (Å²) in [5.74, 6) is 1.03. The van der Waals surface area contributed by atoms with Crippen LogP contribution in [0.25, 0.3) is 22.3 Å². The number of aryl methyl sites for hydroxylation is 2. The number of fused-ring (bicyclic) bond motifs is 1. The number of hydrogen-bond acceptors (Lipinski definition) is 5. The minimum atomic E-state index is -0.284. The number of carbonyl (C=O) groups is 1. The highest BCUT2D eigenvalue weighted by molar-refractivity contribution is 6.05. The van der Waals surface area contributed by atoms with Crippen molar-refractivity contribution in [2.45, 2.75) is 25.8 Å². The van der Waals surface area contributed by atoms with Gasteiger partial charge in [0.1, 0.15) is 17.3 Å². The molecule has 0 bridgehead atoms. The SMILES string of the molecule is COc1cc2nn(C3CCNCC3)cc2cc1NC(=O)c1cn(C)c(-c2cccc(C)c2)n1. The molecular formula is C25H28N6O2. The minimum absolute atomic E-state index is 0.284. The molecule has 2 aromatic carbocycles. The zero-order valence-electron chi connectivity index (χ0n) is 19.1. The zero-order valence-corrected chi connectivity index (χ0v) is 19.1. The average Bonchev–Trinajstić information content (AvgIpc) is 3.42. The predicted molar refractivity (Wildman–Crippen MR) is 129 cm³/mol. The number of aromatic nitrogens is 4. The van der Waals surface area contributed by atoms with E-state index < -0.39 is 0 Å². The largest absolute Gasteiger partial charge is 0.494 e. The summed E-state index contributed by atoms with van der Waals surface area (Å²) < 4.78 is 9.47. The average molecular weight is 445 g/mol. The van der Waals surface area contributed by atoms with E-state index in [1.54, 1.807) is 13.3 Å². The quantitative estimate of drug-likeness (QED) is 0.487. The lowest BCUT2D eigenvalue weighted by atomic mass is 10.1. The fraction of sp³-hybridized carbons (Fsp3) is 0.320. The van der Waals surface area contributed by atoms with Crippen LogP contribution in [0.3, 0.4) is 0 Å². The molecule has 4 aromatic rings. The van der Waals surface area contributed by atoms with Gasteiger partial charge in [-0.2, -0.15) is 5.10 Å². The van der Waals surface area contributed by atoms with Crippen LogP contribution in [0.1, 0.15) is 34.9 Å². The van der Waals surface area contributed by atoms with Crippen LogP contribution < -0.4 is 15.4 Å². The smallest absolute Gasteiger partial charge is 0.275 e. The van der Waals surface area contributed by atoms with Gasteiger partial charge in [-0.15, -0.1) is 0 Å². The van der Waals surface area contributed by atoms with Crippen LogP contribution in [-0.2, 0) is 7.05 Å². The molecule has 170 valence electrons. The Morgan fingerprint density at radius 3 is 2.76 bits per heavy atom. The molecule has 0 radical (unpaired) electrons. The van der Waals surface area contributed by atoms with Gasteiger partial charge in [-0.25, -0.2) is 4.98 Å². The Kier molecular flexibility index (Phi) is 5.60. The number of hydrogen-bond donors (Lipinski definition) is 2. The minimum Gasteiger partial charge on any atom is -0.494 e. The number of methoxy groups -OCH3 is 1. The van der Waals surface area contributed by atoms with E-state index in [0.717, 1.165) is 53.8 Å². The lowest BCUT2D eigenvalue weighted by Gasteiger charge is -2.22. The molecule has 0 spiro atoms. The van der Waals surface area contributed by atoms with Gasteiger partial charge >= 0.3 is 0 Å². The van der Waals surface area contributed by atoms with Gasteiger partial charge in [-0.1, -0.05) is 23.8 Å². The Labute approximate surface area is 192 Å².